The van der Waals surface area contributed by atoms with Crippen LogP contribution >= 0.6 is 0 Å². The summed E-state index contributed by atoms with van der Waals surface area (Å²) in [7, 11) is 3.08. The minimum atomic E-state index is -0.969. The van der Waals surface area contributed by atoms with Crippen molar-refractivity contribution >= 4 is 17.7 Å². The van der Waals surface area contributed by atoms with E-state index >= 15 is 0 Å². The molecule has 33 heavy (non-hydrogen) atoms. The van der Waals surface area contributed by atoms with Crippen LogP contribution in [-0.4, -0.2) is 38.5 Å². The molecule has 1 aliphatic heterocycles. The third-order valence-electron chi connectivity index (χ3n) is 6.31. The average molecular weight is 450 g/mol. The number of amides is 1. The van der Waals surface area contributed by atoms with Gasteiger partial charge in [-0.2, -0.15) is 0 Å². The van der Waals surface area contributed by atoms with E-state index in [2.05, 4.69) is 5.32 Å². The molecular weight excluding hydrogens is 422 g/mol. The van der Waals surface area contributed by atoms with Crippen molar-refractivity contribution in [1.82, 2.24) is 5.32 Å². The summed E-state index contributed by atoms with van der Waals surface area (Å²) in [6.07, 6.45) is 0.468. The van der Waals surface area contributed by atoms with Crippen molar-refractivity contribution in [1.29, 1.82) is 0 Å². The number of nitrogens with one attached hydrogen (secondary N) is 1. The Labute approximate surface area is 192 Å². The SMILES string of the molecule is CCOC(=O)[C@H]1C(=O)C2=C(C[C@@H]1c1ccccc1)NC(=O)C[C@@H]2c1ccc(OC)c(OC)c1. The van der Waals surface area contributed by atoms with Gasteiger partial charge in [-0.05, 0) is 36.6 Å². The van der Waals surface area contributed by atoms with E-state index in [1.165, 1.54) is 7.11 Å². The number of ketones is 1. The first-order valence-electron chi connectivity index (χ1n) is 11.0. The second-order valence-electron chi connectivity index (χ2n) is 8.13. The first-order chi connectivity index (χ1) is 16.0. The molecule has 0 aromatic heterocycles. The Morgan fingerprint density at radius 2 is 1.70 bits per heavy atom. The molecule has 1 N–H and O–H groups in total. The maximum Gasteiger partial charge on any atom is 0.317 e. The lowest BCUT2D eigenvalue weighted by molar-refractivity contribution is -0.152. The van der Waals surface area contributed by atoms with Crippen molar-refractivity contribution in [3.05, 3.63) is 70.9 Å². The number of Topliss-reactive ketones (excluding diaryl/α,β-unsaturated/α-hetero) is 1. The fraction of sp³-hybridized carbons (Fsp3) is 0.346. The molecule has 2 aromatic carbocycles. The van der Waals surface area contributed by atoms with Gasteiger partial charge in [-0.15, -0.1) is 0 Å². The molecule has 1 amide bonds. The number of hydrogen-bond donors (Lipinski definition) is 1. The highest BCUT2D eigenvalue weighted by atomic mass is 16.5. The van der Waals surface area contributed by atoms with Gasteiger partial charge in [0.25, 0.3) is 0 Å². The van der Waals surface area contributed by atoms with E-state index in [-0.39, 0.29) is 24.7 Å². The molecule has 172 valence electrons. The van der Waals surface area contributed by atoms with Crippen LogP contribution in [-0.2, 0) is 19.1 Å². The van der Waals surface area contributed by atoms with Crippen LogP contribution in [0.25, 0.3) is 0 Å². The minimum Gasteiger partial charge on any atom is -0.493 e. The van der Waals surface area contributed by atoms with Crippen LogP contribution < -0.4 is 14.8 Å². The van der Waals surface area contributed by atoms with Gasteiger partial charge in [-0.25, -0.2) is 0 Å². The third-order valence-corrected chi connectivity index (χ3v) is 6.31. The second kappa shape index (κ2) is 9.48. The van der Waals surface area contributed by atoms with E-state index in [1.54, 1.807) is 26.2 Å². The maximum absolute atomic E-state index is 13.9. The predicted octanol–water partition coefficient (Wildman–Crippen LogP) is 3.50. The van der Waals surface area contributed by atoms with Crippen molar-refractivity contribution in [3.63, 3.8) is 0 Å². The van der Waals surface area contributed by atoms with Gasteiger partial charge < -0.3 is 19.5 Å². The Morgan fingerprint density at radius 1 is 0.970 bits per heavy atom. The molecule has 0 fully saturated rings. The summed E-state index contributed by atoms with van der Waals surface area (Å²) >= 11 is 0. The highest BCUT2D eigenvalue weighted by Gasteiger charge is 2.47. The molecule has 2 aliphatic rings. The lowest BCUT2D eigenvalue weighted by Crippen LogP contribution is -2.44. The van der Waals surface area contributed by atoms with E-state index in [0.717, 1.165) is 11.1 Å². The number of carbonyl (C=O) groups excluding carboxylic acids is 3. The second-order valence-corrected chi connectivity index (χ2v) is 8.13. The fourth-order valence-corrected chi connectivity index (χ4v) is 4.82. The monoisotopic (exact) mass is 449 g/mol. The summed E-state index contributed by atoms with van der Waals surface area (Å²) in [4.78, 5) is 39.5. The summed E-state index contributed by atoms with van der Waals surface area (Å²) < 4.78 is 16.1. The largest absolute Gasteiger partial charge is 0.493 e. The molecular formula is C26H27NO6. The van der Waals surface area contributed by atoms with Crippen LogP contribution in [0.3, 0.4) is 0 Å². The number of carbonyl (C=O) groups is 3. The quantitative estimate of drug-likeness (QED) is 0.536. The smallest absolute Gasteiger partial charge is 0.317 e. The van der Waals surface area contributed by atoms with E-state index < -0.39 is 23.7 Å². The van der Waals surface area contributed by atoms with E-state index in [4.69, 9.17) is 14.2 Å². The summed E-state index contributed by atoms with van der Waals surface area (Å²) in [5.41, 5.74) is 2.65. The minimum absolute atomic E-state index is 0.103. The zero-order valence-electron chi connectivity index (χ0n) is 18.9. The standard InChI is InChI=1S/C26H27NO6/c1-4-33-26(30)24-17(15-8-6-5-7-9-15)13-19-23(25(24)29)18(14-22(28)27-19)16-10-11-20(31-2)21(12-16)32-3/h5-12,17-18,24H,4,13-14H2,1-3H3,(H,27,28)/t17-,18-,24-/m1/s1. The molecule has 4 rings (SSSR count). The zero-order chi connectivity index (χ0) is 23.5. The number of rotatable bonds is 6. The molecule has 2 aromatic rings. The van der Waals surface area contributed by atoms with Crippen molar-refractivity contribution in [3.8, 4) is 11.5 Å². The molecule has 0 radical (unpaired) electrons. The molecule has 0 unspecified atom stereocenters. The van der Waals surface area contributed by atoms with Gasteiger partial charge in [-0.3, -0.25) is 14.4 Å². The van der Waals surface area contributed by atoms with Gasteiger partial charge >= 0.3 is 5.97 Å². The molecule has 0 saturated heterocycles. The summed E-state index contributed by atoms with van der Waals surface area (Å²) in [5, 5.41) is 2.90. The average Bonchev–Trinajstić information content (AvgIpc) is 2.83. The van der Waals surface area contributed by atoms with Gasteiger partial charge in [-0.1, -0.05) is 36.4 Å². The molecule has 0 bridgehead atoms. The van der Waals surface area contributed by atoms with Crippen molar-refractivity contribution in [2.24, 2.45) is 5.92 Å². The lowest BCUT2D eigenvalue weighted by Gasteiger charge is -2.38. The number of allylic oxidation sites excluding steroid dienone is 2. The number of ether oxygens (including phenoxy) is 3. The van der Waals surface area contributed by atoms with Gasteiger partial charge in [0, 0.05) is 29.5 Å². The zero-order valence-corrected chi connectivity index (χ0v) is 18.9. The Bertz CT molecular complexity index is 1110. The highest BCUT2D eigenvalue weighted by molar-refractivity contribution is 6.12. The van der Waals surface area contributed by atoms with E-state index in [0.29, 0.717) is 29.2 Å². The molecule has 7 nitrogen and oxygen atoms in total. The van der Waals surface area contributed by atoms with Gasteiger partial charge in [0.05, 0.1) is 20.8 Å². The Hall–Kier alpha value is -3.61. The van der Waals surface area contributed by atoms with E-state index in [1.807, 2.05) is 36.4 Å². The summed E-state index contributed by atoms with van der Waals surface area (Å²) in [6.45, 7) is 1.91. The Morgan fingerprint density at radius 3 is 2.36 bits per heavy atom. The molecule has 1 heterocycles. The van der Waals surface area contributed by atoms with Gasteiger partial charge in [0.1, 0.15) is 5.92 Å². The van der Waals surface area contributed by atoms with E-state index in [9.17, 15) is 14.4 Å². The normalized spacial score (nSPS) is 22.3. The Kier molecular flexibility index (Phi) is 6.49. The first kappa shape index (κ1) is 22.6. The topological polar surface area (TPSA) is 90.9 Å². The molecule has 3 atom stereocenters. The molecule has 0 saturated carbocycles. The molecule has 1 aliphatic carbocycles. The van der Waals surface area contributed by atoms with Crippen molar-refractivity contribution in [2.75, 3.05) is 20.8 Å². The molecule has 7 heteroatoms. The summed E-state index contributed by atoms with van der Waals surface area (Å²) in [6, 6.07) is 14.8. The molecule has 0 spiro atoms. The van der Waals surface area contributed by atoms with Crippen LogP contribution in [0, 0.1) is 5.92 Å². The predicted molar refractivity (Wildman–Crippen MR) is 121 cm³/mol. The van der Waals surface area contributed by atoms with Gasteiger partial charge in [0.2, 0.25) is 5.91 Å². The van der Waals surface area contributed by atoms with Crippen LogP contribution in [0.5, 0.6) is 11.5 Å². The first-order valence-corrected chi connectivity index (χ1v) is 11.0. The fourth-order valence-electron chi connectivity index (χ4n) is 4.82. The van der Waals surface area contributed by atoms with Crippen LogP contribution in [0.15, 0.2) is 59.8 Å². The number of benzene rings is 2. The van der Waals surface area contributed by atoms with Gasteiger partial charge in [0.15, 0.2) is 17.3 Å². The lowest BCUT2D eigenvalue weighted by atomic mass is 9.68. The summed E-state index contributed by atoms with van der Waals surface area (Å²) in [5.74, 6) is -1.81. The van der Waals surface area contributed by atoms with Crippen molar-refractivity contribution in [2.45, 2.75) is 31.6 Å². The van der Waals surface area contributed by atoms with Crippen LogP contribution in [0.4, 0.5) is 0 Å². The van der Waals surface area contributed by atoms with Crippen LogP contribution in [0.1, 0.15) is 42.7 Å². The number of esters is 1. The number of methoxy groups -OCH3 is 2. The number of hydrogen-bond acceptors (Lipinski definition) is 6. The van der Waals surface area contributed by atoms with Crippen LogP contribution in [0.2, 0.25) is 0 Å². The van der Waals surface area contributed by atoms with Crippen molar-refractivity contribution < 1.29 is 28.6 Å². The Balaban J connectivity index is 1.82. The maximum atomic E-state index is 13.9. The third kappa shape index (κ3) is 4.23. The highest BCUT2D eigenvalue weighted by Crippen LogP contribution is 2.46.